The molecule has 1 saturated heterocycles. The number of hydrogen-bond donors (Lipinski definition) is 1. The smallest absolute Gasteiger partial charge is 0.144 e. The van der Waals surface area contributed by atoms with Gasteiger partial charge in [-0.2, -0.15) is 0 Å². The van der Waals surface area contributed by atoms with Crippen LogP contribution in [0.15, 0.2) is 5.16 Å². The van der Waals surface area contributed by atoms with E-state index in [2.05, 4.69) is 10.1 Å². The predicted molar refractivity (Wildman–Crippen MR) is 40.3 cm³/mol. The highest BCUT2D eigenvalue weighted by molar-refractivity contribution is 5.81. The van der Waals surface area contributed by atoms with Crippen molar-refractivity contribution in [1.29, 1.82) is 0 Å². The number of nitrogens with zero attached hydrogens (tertiary/aromatic N) is 2. The zero-order valence-electron chi connectivity index (χ0n) is 6.38. The third kappa shape index (κ3) is 1.40. The van der Waals surface area contributed by atoms with E-state index < -0.39 is 0 Å². The summed E-state index contributed by atoms with van der Waals surface area (Å²) in [6, 6.07) is 0. The van der Waals surface area contributed by atoms with Crippen LogP contribution in [0.5, 0.6) is 0 Å². The molecule has 0 atom stereocenters. The normalized spacial score (nSPS) is 20.1. The van der Waals surface area contributed by atoms with Gasteiger partial charge in [0.15, 0.2) is 0 Å². The first-order valence-electron chi connectivity index (χ1n) is 3.84. The van der Waals surface area contributed by atoms with E-state index in [4.69, 9.17) is 5.21 Å². The third-order valence-corrected chi connectivity index (χ3v) is 1.90. The molecule has 1 heterocycles. The molecule has 0 radical (unpaired) electrons. The fourth-order valence-electron chi connectivity index (χ4n) is 1.33. The van der Waals surface area contributed by atoms with Gasteiger partial charge in [-0.3, -0.25) is 0 Å². The fourth-order valence-corrected chi connectivity index (χ4v) is 1.33. The Morgan fingerprint density at radius 1 is 1.50 bits per heavy atom. The van der Waals surface area contributed by atoms with Gasteiger partial charge in [0.05, 0.1) is 0 Å². The minimum absolute atomic E-state index is 0.830. The summed E-state index contributed by atoms with van der Waals surface area (Å²) in [5.74, 6) is 0.831. The molecule has 0 bridgehead atoms. The lowest BCUT2D eigenvalue weighted by atomic mass is 10.4. The van der Waals surface area contributed by atoms with Crippen LogP contribution in [-0.2, 0) is 0 Å². The Bertz CT molecular complexity index is 128. The summed E-state index contributed by atoms with van der Waals surface area (Å²) in [7, 11) is 0. The minimum atomic E-state index is 0.830. The molecule has 0 unspecified atom stereocenters. The number of hydrogen-bond acceptors (Lipinski definition) is 2. The van der Waals surface area contributed by atoms with E-state index in [0.29, 0.717) is 0 Å². The number of amidine groups is 1. The summed E-state index contributed by atoms with van der Waals surface area (Å²) in [6.07, 6.45) is 3.30. The summed E-state index contributed by atoms with van der Waals surface area (Å²) in [6.45, 7) is 4.13. The van der Waals surface area contributed by atoms with E-state index in [1.54, 1.807) is 0 Å². The predicted octanol–water partition coefficient (Wildman–Crippen LogP) is 1.28. The second kappa shape index (κ2) is 3.44. The third-order valence-electron chi connectivity index (χ3n) is 1.90. The molecule has 1 N–H and O–H groups in total. The Hall–Kier alpha value is -0.730. The molecule has 10 heavy (non-hydrogen) atoms. The first kappa shape index (κ1) is 7.38. The van der Waals surface area contributed by atoms with E-state index in [0.717, 1.165) is 25.3 Å². The lowest BCUT2D eigenvalue weighted by Gasteiger charge is -2.16. The van der Waals surface area contributed by atoms with Crippen molar-refractivity contribution < 1.29 is 5.21 Å². The van der Waals surface area contributed by atoms with Gasteiger partial charge in [-0.05, 0) is 12.8 Å². The van der Waals surface area contributed by atoms with Gasteiger partial charge in [-0.15, -0.1) is 0 Å². The maximum Gasteiger partial charge on any atom is 0.144 e. The van der Waals surface area contributed by atoms with Gasteiger partial charge in [-0.25, -0.2) is 0 Å². The van der Waals surface area contributed by atoms with Gasteiger partial charge in [0, 0.05) is 19.5 Å². The summed E-state index contributed by atoms with van der Waals surface area (Å²) in [4.78, 5) is 2.14. The van der Waals surface area contributed by atoms with E-state index in [1.165, 1.54) is 12.8 Å². The van der Waals surface area contributed by atoms with Gasteiger partial charge in [0.25, 0.3) is 0 Å². The average Bonchev–Trinajstić information content (AvgIpc) is 2.43. The molecule has 0 spiro atoms. The van der Waals surface area contributed by atoms with Crippen LogP contribution in [0.1, 0.15) is 26.2 Å². The fraction of sp³-hybridized carbons (Fsp3) is 0.857. The zero-order valence-corrected chi connectivity index (χ0v) is 6.38. The summed E-state index contributed by atoms with van der Waals surface area (Å²) >= 11 is 0. The van der Waals surface area contributed by atoms with Gasteiger partial charge in [-0.1, -0.05) is 12.1 Å². The van der Waals surface area contributed by atoms with Crippen LogP contribution in [0, 0.1) is 0 Å². The lowest BCUT2D eigenvalue weighted by Crippen LogP contribution is -2.26. The minimum Gasteiger partial charge on any atom is -0.409 e. The van der Waals surface area contributed by atoms with E-state index in [1.807, 2.05) is 6.92 Å². The lowest BCUT2D eigenvalue weighted by molar-refractivity contribution is 0.304. The highest BCUT2D eigenvalue weighted by Crippen LogP contribution is 2.09. The topological polar surface area (TPSA) is 35.8 Å². The standard InChI is InChI=1S/C7H14N2O/c1-2-7(8-10)9-5-3-4-6-9/h10H,2-6H2,1H3/b8-7-. The molecular weight excluding hydrogens is 128 g/mol. The first-order chi connectivity index (χ1) is 4.88. The van der Waals surface area contributed by atoms with Gasteiger partial charge >= 0.3 is 0 Å². The Morgan fingerprint density at radius 3 is 2.50 bits per heavy atom. The number of oxime groups is 1. The molecule has 0 aliphatic carbocycles. The highest BCUT2D eigenvalue weighted by atomic mass is 16.4. The van der Waals surface area contributed by atoms with Gasteiger partial charge in [0.1, 0.15) is 5.84 Å². The Balaban J connectivity index is 2.45. The van der Waals surface area contributed by atoms with Crippen LogP contribution >= 0.6 is 0 Å². The van der Waals surface area contributed by atoms with E-state index >= 15 is 0 Å². The molecule has 1 aliphatic heterocycles. The molecule has 0 aromatic carbocycles. The second-order valence-corrected chi connectivity index (χ2v) is 2.56. The van der Waals surface area contributed by atoms with Gasteiger partial charge in [0.2, 0.25) is 0 Å². The van der Waals surface area contributed by atoms with Crippen LogP contribution in [0.3, 0.4) is 0 Å². The molecule has 0 saturated carbocycles. The van der Waals surface area contributed by atoms with Crippen LogP contribution in [0.2, 0.25) is 0 Å². The quantitative estimate of drug-likeness (QED) is 0.259. The number of likely N-dealkylation sites (tertiary alicyclic amines) is 1. The second-order valence-electron chi connectivity index (χ2n) is 2.56. The van der Waals surface area contributed by atoms with Crippen LogP contribution in [0.4, 0.5) is 0 Å². The largest absolute Gasteiger partial charge is 0.409 e. The van der Waals surface area contributed by atoms with Crippen molar-refractivity contribution in [2.45, 2.75) is 26.2 Å². The molecule has 1 fully saturated rings. The highest BCUT2D eigenvalue weighted by Gasteiger charge is 2.14. The number of rotatable bonds is 1. The molecule has 0 amide bonds. The summed E-state index contributed by atoms with van der Waals surface area (Å²) < 4.78 is 0. The molecule has 1 aliphatic rings. The van der Waals surface area contributed by atoms with Crippen LogP contribution in [-0.4, -0.2) is 29.0 Å². The SMILES string of the molecule is CC/C(=N/O)N1CCCC1. The van der Waals surface area contributed by atoms with Crippen LogP contribution < -0.4 is 0 Å². The molecule has 58 valence electrons. The molecule has 0 aromatic heterocycles. The molecule has 3 nitrogen and oxygen atoms in total. The van der Waals surface area contributed by atoms with Crippen molar-refractivity contribution in [3.05, 3.63) is 0 Å². The van der Waals surface area contributed by atoms with Crippen molar-refractivity contribution in [2.75, 3.05) is 13.1 Å². The summed E-state index contributed by atoms with van der Waals surface area (Å²) in [5, 5.41) is 11.8. The Kier molecular flexibility index (Phi) is 2.54. The Labute approximate surface area is 61.3 Å². The maximum absolute atomic E-state index is 8.53. The van der Waals surface area contributed by atoms with Crippen molar-refractivity contribution in [1.82, 2.24) is 4.90 Å². The maximum atomic E-state index is 8.53. The first-order valence-corrected chi connectivity index (χ1v) is 3.84. The van der Waals surface area contributed by atoms with Gasteiger partial charge < -0.3 is 10.1 Å². The van der Waals surface area contributed by atoms with Crippen LogP contribution in [0.25, 0.3) is 0 Å². The molecule has 0 aromatic rings. The van der Waals surface area contributed by atoms with E-state index in [-0.39, 0.29) is 0 Å². The van der Waals surface area contributed by atoms with Crippen molar-refractivity contribution >= 4 is 5.84 Å². The molecule has 1 rings (SSSR count). The van der Waals surface area contributed by atoms with Crippen molar-refractivity contribution in [3.8, 4) is 0 Å². The van der Waals surface area contributed by atoms with E-state index in [9.17, 15) is 0 Å². The molecule has 3 heteroatoms. The summed E-state index contributed by atoms with van der Waals surface area (Å²) in [5.41, 5.74) is 0. The molecular formula is C7H14N2O. The average molecular weight is 142 g/mol. The zero-order chi connectivity index (χ0) is 7.40. The van der Waals surface area contributed by atoms with Crippen molar-refractivity contribution in [2.24, 2.45) is 5.16 Å². The Morgan fingerprint density at radius 2 is 2.10 bits per heavy atom. The monoisotopic (exact) mass is 142 g/mol. The van der Waals surface area contributed by atoms with Crippen molar-refractivity contribution in [3.63, 3.8) is 0 Å².